The van der Waals surface area contributed by atoms with Crippen molar-refractivity contribution in [2.45, 2.75) is 26.8 Å². The maximum Gasteiger partial charge on any atom is 0.338 e. The van der Waals surface area contributed by atoms with Gasteiger partial charge in [0, 0.05) is 12.8 Å². The van der Waals surface area contributed by atoms with Crippen LogP contribution >= 0.6 is 12.2 Å². The molecule has 30 heavy (non-hydrogen) atoms. The lowest BCUT2D eigenvalue weighted by Gasteiger charge is -2.38. The molecule has 0 radical (unpaired) electrons. The van der Waals surface area contributed by atoms with Crippen molar-refractivity contribution in [3.63, 3.8) is 0 Å². The minimum atomic E-state index is -0.472. The van der Waals surface area contributed by atoms with Crippen LogP contribution in [0.5, 0.6) is 0 Å². The van der Waals surface area contributed by atoms with Crippen molar-refractivity contribution < 1.29 is 18.7 Å². The molecule has 1 N–H and O–H groups in total. The third-order valence-electron chi connectivity index (χ3n) is 5.14. The summed E-state index contributed by atoms with van der Waals surface area (Å²) in [5.41, 5.74) is 4.04. The van der Waals surface area contributed by atoms with E-state index in [1.54, 1.807) is 38.0 Å². The summed E-state index contributed by atoms with van der Waals surface area (Å²) < 4.78 is 24.7. The number of allylic oxidation sites excluding steroid dienone is 1. The van der Waals surface area contributed by atoms with Gasteiger partial charge in [0.2, 0.25) is 0 Å². The number of benzene rings is 2. The van der Waals surface area contributed by atoms with E-state index in [1.165, 1.54) is 6.07 Å². The summed E-state index contributed by atoms with van der Waals surface area (Å²) in [7, 11) is 1.54. The molecule has 0 bridgehead atoms. The average molecular weight is 429 g/mol. The van der Waals surface area contributed by atoms with Crippen molar-refractivity contribution in [1.29, 1.82) is 0 Å². The first kappa shape index (κ1) is 21.9. The van der Waals surface area contributed by atoms with E-state index in [-0.39, 0.29) is 12.4 Å². The average Bonchev–Trinajstić information content (AvgIpc) is 2.70. The van der Waals surface area contributed by atoms with Crippen molar-refractivity contribution in [2.24, 2.45) is 0 Å². The third-order valence-corrected chi connectivity index (χ3v) is 5.44. The lowest BCUT2D eigenvalue weighted by atomic mass is 9.92. The molecule has 0 aromatic heterocycles. The molecule has 1 heterocycles. The van der Waals surface area contributed by atoms with Crippen LogP contribution < -0.4 is 10.2 Å². The number of anilines is 1. The minimum absolute atomic E-state index is 0.135. The number of methoxy groups -OCH3 is 1. The molecule has 0 spiro atoms. The Bertz CT molecular complexity index is 1010. The predicted molar refractivity (Wildman–Crippen MR) is 119 cm³/mol. The largest absolute Gasteiger partial charge is 0.460 e. The van der Waals surface area contributed by atoms with E-state index >= 15 is 0 Å². The normalized spacial score (nSPS) is 16.5. The van der Waals surface area contributed by atoms with Crippen molar-refractivity contribution in [3.8, 4) is 0 Å². The Morgan fingerprint density at radius 2 is 1.87 bits per heavy atom. The van der Waals surface area contributed by atoms with Crippen LogP contribution in [-0.2, 0) is 14.3 Å². The molecule has 1 aliphatic heterocycles. The number of halogens is 1. The van der Waals surface area contributed by atoms with Crippen molar-refractivity contribution in [1.82, 2.24) is 5.32 Å². The highest BCUT2D eigenvalue weighted by atomic mass is 32.1. The van der Waals surface area contributed by atoms with Gasteiger partial charge in [-0.15, -0.1) is 0 Å². The van der Waals surface area contributed by atoms with Crippen LogP contribution in [-0.4, -0.2) is 31.4 Å². The number of aryl methyl sites for hydroxylation is 2. The predicted octanol–water partition coefficient (Wildman–Crippen LogP) is 4.34. The number of esters is 1. The summed E-state index contributed by atoms with van der Waals surface area (Å²) in [4.78, 5) is 14.7. The molecule has 0 saturated heterocycles. The minimum Gasteiger partial charge on any atom is -0.460 e. The van der Waals surface area contributed by atoms with E-state index in [0.29, 0.717) is 34.2 Å². The summed E-state index contributed by atoms with van der Waals surface area (Å²) in [6, 6.07) is 12.2. The molecule has 0 amide bonds. The number of thiocarbonyl (C=S) groups is 1. The molecule has 0 saturated carbocycles. The zero-order chi connectivity index (χ0) is 21.8. The number of nitrogens with zero attached hydrogens (tertiary/aromatic N) is 1. The van der Waals surface area contributed by atoms with E-state index in [9.17, 15) is 9.18 Å². The van der Waals surface area contributed by atoms with Crippen molar-refractivity contribution >= 4 is 29.0 Å². The van der Waals surface area contributed by atoms with E-state index in [1.807, 2.05) is 31.2 Å². The van der Waals surface area contributed by atoms with Crippen LogP contribution in [0.25, 0.3) is 0 Å². The van der Waals surface area contributed by atoms with Gasteiger partial charge in [-0.05, 0) is 61.8 Å². The molecule has 3 rings (SSSR count). The maximum atomic E-state index is 14.2. The number of rotatable bonds is 6. The number of hydrogen-bond donors (Lipinski definition) is 1. The number of nitrogens with one attached hydrogen (secondary N) is 1. The molecule has 1 unspecified atom stereocenters. The summed E-state index contributed by atoms with van der Waals surface area (Å²) >= 11 is 5.61. The quantitative estimate of drug-likeness (QED) is 0.420. The molecule has 7 heteroatoms. The Morgan fingerprint density at radius 3 is 2.53 bits per heavy atom. The molecule has 1 aliphatic rings. The number of hydrogen-bond acceptors (Lipinski definition) is 4. The number of ether oxygens (including phenoxy) is 2. The standard InChI is InChI=1S/C23H25FN2O3S/c1-14-7-5-6-8-18(14)21-20(22(27)29-12-11-28-4)16(3)26(23(30)25-21)17-10-9-15(2)19(24)13-17/h5-10,13,21H,11-12H2,1-4H3,(H,25,30). The van der Waals surface area contributed by atoms with Gasteiger partial charge in [-0.2, -0.15) is 0 Å². The summed E-state index contributed by atoms with van der Waals surface area (Å²) in [5, 5.41) is 3.64. The Balaban J connectivity index is 2.10. The molecule has 0 fully saturated rings. The number of carbonyl (C=O) groups excluding carboxylic acids is 1. The lowest BCUT2D eigenvalue weighted by molar-refractivity contribution is -0.140. The van der Waals surface area contributed by atoms with Gasteiger partial charge < -0.3 is 14.8 Å². The molecule has 0 aliphatic carbocycles. The van der Waals surface area contributed by atoms with E-state index in [4.69, 9.17) is 21.7 Å². The fourth-order valence-electron chi connectivity index (χ4n) is 3.48. The van der Waals surface area contributed by atoms with E-state index in [0.717, 1.165) is 11.1 Å². The van der Waals surface area contributed by atoms with Crippen LogP contribution in [0.4, 0.5) is 10.1 Å². The Morgan fingerprint density at radius 1 is 1.13 bits per heavy atom. The fraction of sp³-hybridized carbons (Fsp3) is 0.304. The highest BCUT2D eigenvalue weighted by Crippen LogP contribution is 2.35. The first-order valence-electron chi connectivity index (χ1n) is 9.64. The van der Waals surface area contributed by atoms with Gasteiger partial charge in [-0.3, -0.25) is 4.90 Å². The second-order valence-electron chi connectivity index (χ2n) is 7.14. The van der Waals surface area contributed by atoms with Crippen LogP contribution in [0.2, 0.25) is 0 Å². The molecule has 5 nitrogen and oxygen atoms in total. The van der Waals surface area contributed by atoms with E-state index < -0.39 is 12.0 Å². The van der Waals surface area contributed by atoms with Crippen LogP contribution in [0.3, 0.4) is 0 Å². The van der Waals surface area contributed by atoms with Gasteiger partial charge in [0.1, 0.15) is 12.4 Å². The molecule has 1 atom stereocenters. The first-order chi connectivity index (χ1) is 14.3. The highest BCUT2D eigenvalue weighted by Gasteiger charge is 2.36. The van der Waals surface area contributed by atoms with Gasteiger partial charge >= 0.3 is 5.97 Å². The molecule has 158 valence electrons. The topological polar surface area (TPSA) is 50.8 Å². The lowest BCUT2D eigenvalue weighted by Crippen LogP contribution is -2.48. The zero-order valence-electron chi connectivity index (χ0n) is 17.5. The molecular formula is C23H25FN2O3S. The van der Waals surface area contributed by atoms with E-state index in [2.05, 4.69) is 5.32 Å². The second-order valence-corrected chi connectivity index (χ2v) is 7.52. The first-order valence-corrected chi connectivity index (χ1v) is 10.0. The fourth-order valence-corrected chi connectivity index (χ4v) is 3.84. The van der Waals surface area contributed by atoms with Crippen molar-refractivity contribution in [3.05, 3.63) is 76.2 Å². The maximum absolute atomic E-state index is 14.2. The Kier molecular flexibility index (Phi) is 6.84. The summed E-state index contributed by atoms with van der Waals surface area (Å²) in [5.74, 6) is -0.807. The van der Waals surface area contributed by atoms with Crippen LogP contribution in [0.15, 0.2) is 53.7 Å². The number of carbonyl (C=O) groups is 1. The Hall–Kier alpha value is -2.77. The molecular weight excluding hydrogens is 403 g/mol. The van der Waals surface area contributed by atoms with Gasteiger partial charge in [-0.25, -0.2) is 9.18 Å². The monoisotopic (exact) mass is 428 g/mol. The van der Waals surface area contributed by atoms with Gasteiger partial charge in [-0.1, -0.05) is 30.3 Å². The van der Waals surface area contributed by atoms with Gasteiger partial charge in [0.15, 0.2) is 5.11 Å². The van der Waals surface area contributed by atoms with Gasteiger partial charge in [0.05, 0.1) is 23.9 Å². The van der Waals surface area contributed by atoms with Crippen LogP contribution in [0, 0.1) is 19.7 Å². The Labute approximate surface area is 181 Å². The summed E-state index contributed by atoms with van der Waals surface area (Å²) in [6.07, 6.45) is 0. The van der Waals surface area contributed by atoms with Gasteiger partial charge in [0.25, 0.3) is 0 Å². The molecule has 2 aromatic rings. The third kappa shape index (κ3) is 4.37. The SMILES string of the molecule is COCCOC(=O)C1=C(C)N(c2ccc(C)c(F)c2)C(=S)NC1c1ccccc1C. The highest BCUT2D eigenvalue weighted by molar-refractivity contribution is 7.80. The molecule has 2 aromatic carbocycles. The smallest absolute Gasteiger partial charge is 0.338 e. The summed E-state index contributed by atoms with van der Waals surface area (Å²) in [6.45, 7) is 5.90. The second kappa shape index (κ2) is 9.36. The van der Waals surface area contributed by atoms with Crippen LogP contribution in [0.1, 0.15) is 29.7 Å². The van der Waals surface area contributed by atoms with Crippen molar-refractivity contribution in [2.75, 3.05) is 25.2 Å². The zero-order valence-corrected chi connectivity index (χ0v) is 18.3.